The van der Waals surface area contributed by atoms with Crippen LogP contribution in [0.25, 0.3) is 22.2 Å². The average molecular weight is 597 g/mol. The lowest BCUT2D eigenvalue weighted by atomic mass is 10.2. The number of rotatable bonds is 5. The third-order valence-electron chi connectivity index (χ3n) is 5.12. The number of nitro benzene ring substituents is 1. The number of benzene rings is 3. The van der Waals surface area contributed by atoms with Gasteiger partial charge in [0, 0.05) is 48.6 Å². The van der Waals surface area contributed by atoms with E-state index >= 15 is 0 Å². The number of thiazole rings is 1. The quantitative estimate of drug-likeness (QED) is 0.132. The number of nitrogens with zero attached hydrogens (tertiary/aromatic N) is 4. The Hall–Kier alpha value is -3.34. The first-order valence-corrected chi connectivity index (χ1v) is 12.5. The number of H-pyrrole nitrogens is 1. The third kappa shape index (κ3) is 4.39. The number of aromatic amines is 1. The number of para-hydroxylation sites is 2. The zero-order valence-electron chi connectivity index (χ0n) is 17.4. The summed E-state index contributed by atoms with van der Waals surface area (Å²) in [5, 5.41) is 19.2. The van der Waals surface area contributed by atoms with E-state index in [1.54, 1.807) is 29.1 Å². The molecule has 0 fully saturated rings. The second-order valence-electron chi connectivity index (χ2n) is 7.23. The van der Waals surface area contributed by atoms with E-state index in [-0.39, 0.29) is 11.4 Å². The molecular formula is C24H15Br2N5O2S. The normalized spacial score (nSPS) is 12.1. The summed E-state index contributed by atoms with van der Waals surface area (Å²) in [5.74, 6) is 0. The van der Waals surface area contributed by atoms with Gasteiger partial charge in [0.15, 0.2) is 0 Å². The van der Waals surface area contributed by atoms with E-state index in [1.807, 2.05) is 54.0 Å². The number of nitro groups is 1. The van der Waals surface area contributed by atoms with Gasteiger partial charge >= 0.3 is 0 Å². The molecule has 3 aromatic carbocycles. The second-order valence-corrected chi connectivity index (χ2v) is 9.84. The molecule has 0 saturated heterocycles. The summed E-state index contributed by atoms with van der Waals surface area (Å²) < 4.78 is 3.58. The Bertz CT molecular complexity index is 1630. The summed E-state index contributed by atoms with van der Waals surface area (Å²) in [7, 11) is 0. The molecule has 2 aromatic heterocycles. The van der Waals surface area contributed by atoms with Crippen LogP contribution < -0.4 is 4.80 Å². The van der Waals surface area contributed by atoms with Gasteiger partial charge in [0.1, 0.15) is 5.69 Å². The first-order valence-electron chi connectivity index (χ1n) is 10.1. The van der Waals surface area contributed by atoms with Gasteiger partial charge < -0.3 is 4.98 Å². The molecule has 0 amide bonds. The highest BCUT2D eigenvalue weighted by molar-refractivity contribution is 9.10. The van der Waals surface area contributed by atoms with Crippen LogP contribution in [0.3, 0.4) is 0 Å². The lowest BCUT2D eigenvalue weighted by Crippen LogP contribution is -2.12. The van der Waals surface area contributed by atoms with E-state index in [0.717, 1.165) is 36.7 Å². The Labute approximate surface area is 214 Å². The van der Waals surface area contributed by atoms with Crippen molar-refractivity contribution < 1.29 is 4.92 Å². The van der Waals surface area contributed by atoms with Crippen LogP contribution in [0.5, 0.6) is 0 Å². The fraction of sp³-hybridized carbons (Fsp3) is 0. The van der Waals surface area contributed by atoms with Crippen LogP contribution in [0.1, 0.15) is 5.56 Å². The molecule has 0 radical (unpaired) electrons. The fourth-order valence-electron chi connectivity index (χ4n) is 3.50. The lowest BCUT2D eigenvalue weighted by Gasteiger charge is -2.05. The Morgan fingerprint density at radius 3 is 2.68 bits per heavy atom. The molecule has 0 spiro atoms. The van der Waals surface area contributed by atoms with Gasteiger partial charge in [-0.3, -0.25) is 10.1 Å². The number of halogens is 2. The van der Waals surface area contributed by atoms with E-state index in [1.165, 1.54) is 17.4 Å². The van der Waals surface area contributed by atoms with Crippen molar-refractivity contribution in [3.05, 3.63) is 108 Å². The van der Waals surface area contributed by atoms with Gasteiger partial charge in [0.2, 0.25) is 4.80 Å². The Morgan fingerprint density at radius 2 is 1.85 bits per heavy atom. The fourth-order valence-corrected chi connectivity index (χ4v) is 5.19. The molecule has 0 atom stereocenters. The van der Waals surface area contributed by atoms with Crippen molar-refractivity contribution in [2.75, 3.05) is 0 Å². The van der Waals surface area contributed by atoms with Gasteiger partial charge in [0.05, 0.1) is 16.8 Å². The zero-order chi connectivity index (χ0) is 23.7. The molecule has 2 heterocycles. The maximum absolute atomic E-state index is 11.5. The van der Waals surface area contributed by atoms with E-state index < -0.39 is 4.92 Å². The average Bonchev–Trinajstić information content (AvgIpc) is 3.41. The van der Waals surface area contributed by atoms with Crippen LogP contribution in [0.15, 0.2) is 97.3 Å². The molecule has 7 nitrogen and oxygen atoms in total. The maximum Gasteiger partial charge on any atom is 0.294 e. The van der Waals surface area contributed by atoms with Gasteiger partial charge in [-0.1, -0.05) is 62.2 Å². The van der Waals surface area contributed by atoms with E-state index in [2.05, 4.69) is 41.8 Å². The minimum Gasteiger partial charge on any atom is -0.361 e. The summed E-state index contributed by atoms with van der Waals surface area (Å²) in [6.07, 6.45) is 3.65. The first kappa shape index (κ1) is 22.5. The minimum absolute atomic E-state index is 0.0599. The molecule has 1 N–H and O–H groups in total. The van der Waals surface area contributed by atoms with Gasteiger partial charge in [-0.2, -0.15) is 5.10 Å². The molecule has 0 unspecified atom stereocenters. The number of hydrogen-bond donors (Lipinski definition) is 1. The van der Waals surface area contributed by atoms with Gasteiger partial charge in [0.25, 0.3) is 5.69 Å². The summed E-state index contributed by atoms with van der Waals surface area (Å²) in [4.78, 5) is 19.4. The molecule has 34 heavy (non-hydrogen) atoms. The number of nitrogens with one attached hydrogen (secondary N) is 1. The Morgan fingerprint density at radius 1 is 1.06 bits per heavy atom. The van der Waals surface area contributed by atoms with Crippen LogP contribution in [0.4, 0.5) is 11.4 Å². The molecule has 0 aliphatic carbocycles. The second kappa shape index (κ2) is 9.49. The largest absolute Gasteiger partial charge is 0.361 e. The van der Waals surface area contributed by atoms with E-state index in [9.17, 15) is 10.1 Å². The van der Waals surface area contributed by atoms with Gasteiger partial charge in [-0.15, -0.1) is 11.3 Å². The summed E-state index contributed by atoms with van der Waals surface area (Å²) in [5.41, 5.74) is 3.86. The van der Waals surface area contributed by atoms with Crippen molar-refractivity contribution in [1.82, 2.24) is 9.66 Å². The monoisotopic (exact) mass is 595 g/mol. The van der Waals surface area contributed by atoms with Crippen molar-refractivity contribution in [1.29, 1.82) is 0 Å². The van der Waals surface area contributed by atoms with Crippen molar-refractivity contribution in [3.8, 4) is 11.3 Å². The standard InChI is InChI=1S/C24H15Br2N5O2S/c25-16-9-10-20-18(11-16)15(12-27-20)13-28-30-23(17-5-1-2-6-19(17)26)14-34-24(30)29-21-7-3-4-8-22(21)31(32)33/h1-14,27H. The predicted molar refractivity (Wildman–Crippen MR) is 143 cm³/mol. The maximum atomic E-state index is 11.5. The Balaban J connectivity index is 1.70. The molecule has 5 aromatic rings. The van der Waals surface area contributed by atoms with Crippen LogP contribution in [-0.2, 0) is 0 Å². The SMILES string of the molecule is O=[N+]([O-])c1ccccc1N=c1scc(-c2ccccc2Br)n1N=Cc1c[nH]c2ccc(Br)cc12. The minimum atomic E-state index is -0.432. The highest BCUT2D eigenvalue weighted by Gasteiger charge is 2.14. The highest BCUT2D eigenvalue weighted by atomic mass is 79.9. The van der Waals surface area contributed by atoms with Crippen LogP contribution in [0.2, 0.25) is 0 Å². The molecule has 5 rings (SSSR count). The van der Waals surface area contributed by atoms with Crippen molar-refractivity contribution in [2.24, 2.45) is 10.1 Å². The lowest BCUT2D eigenvalue weighted by molar-refractivity contribution is -0.384. The van der Waals surface area contributed by atoms with Crippen LogP contribution >= 0.6 is 43.2 Å². The third-order valence-corrected chi connectivity index (χ3v) is 7.12. The van der Waals surface area contributed by atoms with Crippen LogP contribution in [-0.4, -0.2) is 20.8 Å². The number of aromatic nitrogens is 2. The van der Waals surface area contributed by atoms with Gasteiger partial charge in [-0.25, -0.2) is 9.67 Å². The van der Waals surface area contributed by atoms with E-state index in [4.69, 9.17) is 5.10 Å². The zero-order valence-corrected chi connectivity index (χ0v) is 21.3. The molecule has 0 saturated carbocycles. The molecule has 0 aliphatic rings. The molecule has 168 valence electrons. The Kier molecular flexibility index (Phi) is 6.27. The molecule has 10 heteroatoms. The smallest absolute Gasteiger partial charge is 0.294 e. The molecular weight excluding hydrogens is 582 g/mol. The first-order chi connectivity index (χ1) is 16.5. The number of hydrogen-bond acceptors (Lipinski definition) is 5. The number of fused-ring (bicyclic) bond motifs is 1. The molecule has 0 aliphatic heterocycles. The molecule has 0 bridgehead atoms. The summed E-state index contributed by atoms with van der Waals surface area (Å²) >= 11 is 8.50. The van der Waals surface area contributed by atoms with Crippen molar-refractivity contribution in [3.63, 3.8) is 0 Å². The van der Waals surface area contributed by atoms with Crippen LogP contribution in [0, 0.1) is 10.1 Å². The summed E-state index contributed by atoms with van der Waals surface area (Å²) in [6, 6.07) is 20.2. The van der Waals surface area contributed by atoms with Crippen molar-refractivity contribution >= 4 is 71.7 Å². The predicted octanol–water partition coefficient (Wildman–Crippen LogP) is 7.25. The van der Waals surface area contributed by atoms with Gasteiger partial charge in [-0.05, 0) is 30.3 Å². The van der Waals surface area contributed by atoms with E-state index in [0.29, 0.717) is 4.80 Å². The summed E-state index contributed by atoms with van der Waals surface area (Å²) in [6.45, 7) is 0. The highest BCUT2D eigenvalue weighted by Crippen LogP contribution is 2.30. The topological polar surface area (TPSA) is 88.6 Å². The van der Waals surface area contributed by atoms with Crippen molar-refractivity contribution in [2.45, 2.75) is 0 Å².